The molecule has 1 amide bonds. The number of para-hydroxylation sites is 1. The number of amides is 1. The van der Waals surface area contributed by atoms with E-state index in [9.17, 15) is 4.79 Å². The molecule has 0 fully saturated rings. The third kappa shape index (κ3) is 5.80. The average molecular weight is 565 g/mol. The van der Waals surface area contributed by atoms with E-state index in [1.807, 2.05) is 78.9 Å². The van der Waals surface area contributed by atoms with Crippen molar-refractivity contribution in [2.45, 2.75) is 16.4 Å². The lowest BCUT2D eigenvalue weighted by Crippen LogP contribution is -2.12. The van der Waals surface area contributed by atoms with Gasteiger partial charge in [-0.05, 0) is 71.9 Å². The fourth-order valence-corrected chi connectivity index (χ4v) is 5.26. The van der Waals surface area contributed by atoms with Crippen molar-refractivity contribution in [3.05, 3.63) is 119 Å². The predicted octanol–water partition coefficient (Wildman–Crippen LogP) is 7.05. The van der Waals surface area contributed by atoms with Crippen LogP contribution in [0.5, 0.6) is 5.75 Å². The predicted molar refractivity (Wildman–Crippen MR) is 156 cm³/mol. The number of benzene rings is 4. The zero-order chi connectivity index (χ0) is 27.3. The van der Waals surface area contributed by atoms with Crippen molar-refractivity contribution in [1.29, 1.82) is 0 Å². The highest BCUT2D eigenvalue weighted by molar-refractivity contribution is 7.99. The molecule has 0 spiro atoms. The molecule has 0 aliphatic carbocycles. The molecule has 10 heteroatoms. The van der Waals surface area contributed by atoms with Crippen LogP contribution in [0.1, 0.15) is 16.1 Å². The molecule has 0 saturated carbocycles. The lowest BCUT2D eigenvalue weighted by atomic mass is 10.2. The maximum atomic E-state index is 13.1. The lowest BCUT2D eigenvalue weighted by Gasteiger charge is -2.12. The lowest BCUT2D eigenvalue weighted by molar-refractivity contribution is 0.102. The van der Waals surface area contributed by atoms with E-state index in [1.165, 1.54) is 11.8 Å². The largest absolute Gasteiger partial charge is 0.487 e. The van der Waals surface area contributed by atoms with Crippen LogP contribution in [0, 0.1) is 0 Å². The first kappa shape index (κ1) is 25.5. The number of fused-ring (bicyclic) bond motifs is 1. The molecule has 40 heavy (non-hydrogen) atoms. The van der Waals surface area contributed by atoms with Gasteiger partial charge in [0.05, 0.1) is 16.9 Å². The summed E-state index contributed by atoms with van der Waals surface area (Å²) in [7, 11) is 0. The summed E-state index contributed by atoms with van der Waals surface area (Å²) in [4.78, 5) is 19.5. The topological polar surface area (TPSA) is 106 Å². The Morgan fingerprint density at radius 2 is 1.68 bits per heavy atom. The van der Waals surface area contributed by atoms with Crippen molar-refractivity contribution in [2.24, 2.45) is 0 Å². The zero-order valence-electron chi connectivity index (χ0n) is 20.9. The van der Waals surface area contributed by atoms with Crippen LogP contribution in [0.15, 0.2) is 113 Å². The van der Waals surface area contributed by atoms with Gasteiger partial charge >= 0.3 is 0 Å². The Balaban J connectivity index is 1.12. The van der Waals surface area contributed by atoms with E-state index >= 15 is 0 Å². The summed E-state index contributed by atoms with van der Waals surface area (Å²) in [6, 6.07) is 32.0. The minimum Gasteiger partial charge on any atom is -0.487 e. The van der Waals surface area contributed by atoms with E-state index in [1.54, 1.807) is 24.3 Å². The Labute approximate surface area is 238 Å². The number of aromatic nitrogens is 5. The number of H-pyrrole nitrogens is 1. The molecule has 4 aromatic carbocycles. The molecular formula is C30H21ClN6O2S. The molecule has 196 valence electrons. The maximum Gasteiger partial charge on any atom is 0.255 e. The van der Waals surface area contributed by atoms with Gasteiger partial charge < -0.3 is 10.1 Å². The number of hydrogen-bond donors (Lipinski definition) is 2. The number of anilines is 1. The SMILES string of the molecule is O=C(Nc1ccccc1Sc1ccccc1-c1nn[nH]n1)c1ccc(OCc2ccc3ccc(Cl)cc3n2)cc1. The van der Waals surface area contributed by atoms with E-state index in [-0.39, 0.29) is 5.91 Å². The summed E-state index contributed by atoms with van der Waals surface area (Å²) in [5, 5.41) is 19.0. The number of hydrogen-bond acceptors (Lipinski definition) is 7. The van der Waals surface area contributed by atoms with Crippen LogP contribution < -0.4 is 10.1 Å². The van der Waals surface area contributed by atoms with Crippen LogP contribution in [0.4, 0.5) is 5.69 Å². The number of tetrazole rings is 1. The van der Waals surface area contributed by atoms with Crippen LogP contribution in [0.2, 0.25) is 5.02 Å². The van der Waals surface area contributed by atoms with Crippen molar-refractivity contribution < 1.29 is 9.53 Å². The summed E-state index contributed by atoms with van der Waals surface area (Å²) >= 11 is 7.61. The van der Waals surface area contributed by atoms with Crippen LogP contribution in [-0.4, -0.2) is 31.5 Å². The summed E-state index contributed by atoms with van der Waals surface area (Å²) in [5.41, 5.74) is 3.66. The second-order valence-corrected chi connectivity index (χ2v) is 10.3. The molecule has 0 aliphatic heterocycles. The van der Waals surface area contributed by atoms with Gasteiger partial charge in [0.15, 0.2) is 0 Å². The Morgan fingerprint density at radius 1 is 0.900 bits per heavy atom. The van der Waals surface area contributed by atoms with E-state index in [2.05, 4.69) is 30.9 Å². The molecule has 0 bridgehead atoms. The standard InChI is InChI=1S/C30H21ClN6O2S/c31-21-13-9-19-10-14-22(32-26(19)17-21)18-39-23-15-11-20(12-16-23)30(38)33-25-6-2-4-8-28(25)40-27-7-3-1-5-24(27)29-34-36-37-35-29/h1-17H,18H2,(H,33,38)(H,34,35,36,37). The molecule has 0 saturated heterocycles. The van der Waals surface area contributed by atoms with Crippen molar-refractivity contribution in [2.75, 3.05) is 5.32 Å². The summed E-state index contributed by atoms with van der Waals surface area (Å²) in [5.74, 6) is 0.922. The molecule has 0 aliphatic rings. The van der Waals surface area contributed by atoms with Gasteiger partial charge in [0.1, 0.15) is 12.4 Å². The monoisotopic (exact) mass is 564 g/mol. The van der Waals surface area contributed by atoms with Gasteiger partial charge in [-0.25, -0.2) is 4.98 Å². The second kappa shape index (κ2) is 11.6. The number of rotatable bonds is 8. The number of carbonyl (C=O) groups excluding carboxylic acids is 1. The van der Waals surface area contributed by atoms with Gasteiger partial charge in [0.2, 0.25) is 5.82 Å². The van der Waals surface area contributed by atoms with Gasteiger partial charge in [-0.2, -0.15) is 5.21 Å². The molecular weight excluding hydrogens is 544 g/mol. The van der Waals surface area contributed by atoms with Crippen molar-refractivity contribution in [1.82, 2.24) is 25.6 Å². The van der Waals surface area contributed by atoms with Crippen LogP contribution >= 0.6 is 23.4 Å². The van der Waals surface area contributed by atoms with Crippen LogP contribution in [0.25, 0.3) is 22.3 Å². The fourth-order valence-electron chi connectivity index (χ4n) is 4.06. The third-order valence-electron chi connectivity index (χ3n) is 6.04. The number of nitrogens with zero attached hydrogens (tertiary/aromatic N) is 4. The Kier molecular flexibility index (Phi) is 7.39. The third-order valence-corrected chi connectivity index (χ3v) is 7.43. The van der Waals surface area contributed by atoms with E-state index < -0.39 is 0 Å². The highest BCUT2D eigenvalue weighted by Crippen LogP contribution is 2.38. The van der Waals surface area contributed by atoms with Gasteiger partial charge in [0.25, 0.3) is 5.91 Å². The highest BCUT2D eigenvalue weighted by Gasteiger charge is 2.14. The molecule has 6 rings (SSSR count). The second-order valence-electron chi connectivity index (χ2n) is 8.74. The zero-order valence-corrected chi connectivity index (χ0v) is 22.5. The molecule has 6 aromatic rings. The number of halogens is 1. The van der Waals surface area contributed by atoms with Gasteiger partial charge in [0, 0.05) is 31.3 Å². The molecule has 2 N–H and O–H groups in total. The molecule has 0 radical (unpaired) electrons. The first-order valence-corrected chi connectivity index (χ1v) is 13.5. The van der Waals surface area contributed by atoms with Crippen LogP contribution in [0.3, 0.4) is 0 Å². The molecule has 2 aromatic heterocycles. The number of carbonyl (C=O) groups is 1. The average Bonchev–Trinajstić information content (AvgIpc) is 3.52. The Morgan fingerprint density at radius 3 is 2.50 bits per heavy atom. The Bertz CT molecular complexity index is 1790. The van der Waals surface area contributed by atoms with Gasteiger partial charge in [-0.3, -0.25) is 4.79 Å². The number of ether oxygens (including phenoxy) is 1. The smallest absolute Gasteiger partial charge is 0.255 e. The molecule has 8 nitrogen and oxygen atoms in total. The quantitative estimate of drug-likeness (QED) is 0.204. The van der Waals surface area contributed by atoms with E-state index in [0.717, 1.165) is 32.0 Å². The summed E-state index contributed by atoms with van der Waals surface area (Å²) < 4.78 is 5.90. The number of nitrogens with one attached hydrogen (secondary N) is 2. The minimum absolute atomic E-state index is 0.223. The van der Waals surface area contributed by atoms with Crippen molar-refractivity contribution in [3.8, 4) is 17.1 Å². The molecule has 0 unspecified atom stereocenters. The number of pyridine rings is 1. The minimum atomic E-state index is -0.223. The first-order chi connectivity index (χ1) is 19.6. The van der Waals surface area contributed by atoms with E-state index in [4.69, 9.17) is 16.3 Å². The highest BCUT2D eigenvalue weighted by atomic mass is 35.5. The van der Waals surface area contributed by atoms with Gasteiger partial charge in [-0.15, -0.1) is 10.2 Å². The normalized spacial score (nSPS) is 10.9. The van der Waals surface area contributed by atoms with Crippen molar-refractivity contribution in [3.63, 3.8) is 0 Å². The van der Waals surface area contributed by atoms with Crippen LogP contribution in [-0.2, 0) is 6.61 Å². The van der Waals surface area contributed by atoms with Gasteiger partial charge in [-0.1, -0.05) is 59.8 Å². The first-order valence-electron chi connectivity index (χ1n) is 12.3. The van der Waals surface area contributed by atoms with E-state index in [0.29, 0.717) is 34.5 Å². The van der Waals surface area contributed by atoms with Crippen molar-refractivity contribution >= 4 is 45.9 Å². The molecule has 2 heterocycles. The fraction of sp³-hybridized carbons (Fsp3) is 0.0333. The maximum absolute atomic E-state index is 13.1. The number of aromatic amines is 1. The summed E-state index contributed by atoms with van der Waals surface area (Å²) in [6.45, 7) is 0.296. The molecule has 0 atom stereocenters. The Hall–Kier alpha value is -4.73. The summed E-state index contributed by atoms with van der Waals surface area (Å²) in [6.07, 6.45) is 0.